The van der Waals surface area contributed by atoms with Gasteiger partial charge in [-0.3, -0.25) is 0 Å². The quantitative estimate of drug-likeness (QED) is 0.721. The van der Waals surface area contributed by atoms with Gasteiger partial charge in [-0.25, -0.2) is 13.8 Å². The Labute approximate surface area is 119 Å². The molecule has 0 unspecified atom stereocenters. The van der Waals surface area contributed by atoms with Crippen LogP contribution < -0.4 is 4.74 Å². The van der Waals surface area contributed by atoms with Crippen molar-refractivity contribution in [3.05, 3.63) is 72.1 Å². The van der Waals surface area contributed by atoms with Crippen LogP contribution in [0.3, 0.4) is 0 Å². The van der Waals surface area contributed by atoms with E-state index in [0.717, 1.165) is 17.7 Å². The molecule has 0 amide bonds. The lowest BCUT2D eigenvalue weighted by atomic mass is 10.2. The Morgan fingerprint density at radius 2 is 1.86 bits per heavy atom. The Morgan fingerprint density at radius 1 is 1.05 bits per heavy atom. The Morgan fingerprint density at radius 3 is 2.62 bits per heavy atom. The standard InChI is InChI=1S/C16H11F2NO2/c17-12-6-7-15(14(18)8-12)20-9-13-10-21-16(19-13)11-4-2-1-3-5-11/h1-8,10H,9H2. The SMILES string of the molecule is Fc1ccc(OCc2coc(-c3ccccc3)n2)c(F)c1. The molecule has 3 aromatic rings. The fraction of sp³-hybridized carbons (Fsp3) is 0.0625. The fourth-order valence-electron chi connectivity index (χ4n) is 1.83. The summed E-state index contributed by atoms with van der Waals surface area (Å²) in [5, 5.41) is 0. The summed E-state index contributed by atoms with van der Waals surface area (Å²) in [6, 6.07) is 12.5. The van der Waals surface area contributed by atoms with Crippen LogP contribution in [-0.2, 0) is 6.61 Å². The van der Waals surface area contributed by atoms with E-state index < -0.39 is 11.6 Å². The second-order valence-corrected chi connectivity index (χ2v) is 4.37. The number of ether oxygens (including phenoxy) is 1. The first kappa shape index (κ1) is 13.3. The predicted octanol–water partition coefficient (Wildman–Crippen LogP) is 4.20. The van der Waals surface area contributed by atoms with Crippen LogP contribution in [0.15, 0.2) is 59.2 Å². The average Bonchev–Trinajstić information content (AvgIpc) is 2.96. The number of aromatic nitrogens is 1. The summed E-state index contributed by atoms with van der Waals surface area (Å²) in [7, 11) is 0. The minimum atomic E-state index is -0.748. The zero-order chi connectivity index (χ0) is 14.7. The van der Waals surface area contributed by atoms with Crippen molar-refractivity contribution in [2.75, 3.05) is 0 Å². The molecule has 1 aromatic heterocycles. The monoisotopic (exact) mass is 287 g/mol. The van der Waals surface area contributed by atoms with Crippen molar-refractivity contribution >= 4 is 0 Å². The van der Waals surface area contributed by atoms with E-state index in [1.165, 1.54) is 12.3 Å². The molecule has 5 heteroatoms. The van der Waals surface area contributed by atoms with E-state index in [0.29, 0.717) is 11.6 Å². The van der Waals surface area contributed by atoms with E-state index >= 15 is 0 Å². The van der Waals surface area contributed by atoms with Crippen LogP contribution in [0.25, 0.3) is 11.5 Å². The van der Waals surface area contributed by atoms with E-state index in [4.69, 9.17) is 9.15 Å². The van der Waals surface area contributed by atoms with E-state index in [1.807, 2.05) is 30.3 Å². The van der Waals surface area contributed by atoms with E-state index in [2.05, 4.69) is 4.98 Å². The normalized spacial score (nSPS) is 10.6. The van der Waals surface area contributed by atoms with Crippen molar-refractivity contribution in [2.24, 2.45) is 0 Å². The number of hydrogen-bond donors (Lipinski definition) is 0. The molecule has 0 saturated heterocycles. The minimum absolute atomic E-state index is 0.0272. The van der Waals surface area contributed by atoms with Crippen molar-refractivity contribution in [3.63, 3.8) is 0 Å². The zero-order valence-electron chi connectivity index (χ0n) is 10.9. The second kappa shape index (κ2) is 5.75. The molecule has 0 N–H and O–H groups in total. The highest BCUT2D eigenvalue weighted by molar-refractivity contribution is 5.52. The molecule has 1 heterocycles. The number of hydrogen-bond acceptors (Lipinski definition) is 3. The van der Waals surface area contributed by atoms with Gasteiger partial charge in [0.1, 0.15) is 24.4 Å². The second-order valence-electron chi connectivity index (χ2n) is 4.37. The maximum atomic E-state index is 13.4. The van der Waals surface area contributed by atoms with Crippen LogP contribution in [-0.4, -0.2) is 4.98 Å². The van der Waals surface area contributed by atoms with Gasteiger partial charge in [0, 0.05) is 11.6 Å². The fourth-order valence-corrected chi connectivity index (χ4v) is 1.83. The van der Waals surface area contributed by atoms with E-state index in [-0.39, 0.29) is 12.4 Å². The number of benzene rings is 2. The molecule has 0 aliphatic carbocycles. The number of rotatable bonds is 4. The van der Waals surface area contributed by atoms with Gasteiger partial charge in [-0.1, -0.05) is 18.2 Å². The van der Waals surface area contributed by atoms with Crippen molar-refractivity contribution < 1.29 is 17.9 Å². The highest BCUT2D eigenvalue weighted by Gasteiger charge is 2.09. The van der Waals surface area contributed by atoms with Gasteiger partial charge in [0.25, 0.3) is 0 Å². The third-order valence-electron chi connectivity index (χ3n) is 2.84. The number of oxazole rings is 1. The molecule has 0 atom stereocenters. The molecule has 3 rings (SSSR count). The topological polar surface area (TPSA) is 35.3 Å². The zero-order valence-corrected chi connectivity index (χ0v) is 10.9. The summed E-state index contributed by atoms with van der Waals surface area (Å²) in [6.45, 7) is 0.0406. The van der Waals surface area contributed by atoms with Crippen LogP contribution in [0.1, 0.15) is 5.69 Å². The lowest BCUT2D eigenvalue weighted by Gasteiger charge is -2.04. The summed E-state index contributed by atoms with van der Waals surface area (Å²) in [5.74, 6) is -0.955. The summed E-state index contributed by atoms with van der Waals surface area (Å²) in [4.78, 5) is 4.25. The molecule has 0 spiro atoms. The van der Waals surface area contributed by atoms with E-state index in [1.54, 1.807) is 0 Å². The first-order valence-corrected chi connectivity index (χ1v) is 6.30. The van der Waals surface area contributed by atoms with Crippen molar-refractivity contribution in [2.45, 2.75) is 6.61 Å². The molecule has 0 aliphatic rings. The summed E-state index contributed by atoms with van der Waals surface area (Å²) in [5.41, 5.74) is 1.37. The summed E-state index contributed by atoms with van der Waals surface area (Å²) < 4.78 is 36.8. The molecular weight excluding hydrogens is 276 g/mol. The van der Waals surface area contributed by atoms with Gasteiger partial charge in [0.15, 0.2) is 11.6 Å². The smallest absolute Gasteiger partial charge is 0.226 e. The molecule has 21 heavy (non-hydrogen) atoms. The lowest BCUT2D eigenvalue weighted by Crippen LogP contribution is -1.98. The first-order chi connectivity index (χ1) is 10.2. The molecule has 3 nitrogen and oxygen atoms in total. The van der Waals surface area contributed by atoms with Crippen LogP contribution in [0, 0.1) is 11.6 Å². The van der Waals surface area contributed by atoms with Gasteiger partial charge >= 0.3 is 0 Å². The molecule has 0 radical (unpaired) electrons. The molecule has 0 fully saturated rings. The number of halogens is 2. The largest absolute Gasteiger partial charge is 0.484 e. The summed E-state index contributed by atoms with van der Waals surface area (Å²) >= 11 is 0. The van der Waals surface area contributed by atoms with E-state index in [9.17, 15) is 8.78 Å². The van der Waals surface area contributed by atoms with Crippen molar-refractivity contribution in [3.8, 4) is 17.2 Å². The molecular formula is C16H11F2NO2. The predicted molar refractivity (Wildman–Crippen MR) is 72.6 cm³/mol. The number of nitrogens with zero attached hydrogens (tertiary/aromatic N) is 1. The van der Waals surface area contributed by atoms with Gasteiger partial charge < -0.3 is 9.15 Å². The first-order valence-electron chi connectivity index (χ1n) is 6.30. The lowest BCUT2D eigenvalue weighted by molar-refractivity contribution is 0.284. The maximum Gasteiger partial charge on any atom is 0.226 e. The van der Waals surface area contributed by atoms with Gasteiger partial charge in [0.05, 0.1) is 0 Å². The van der Waals surface area contributed by atoms with Gasteiger partial charge in [-0.15, -0.1) is 0 Å². The van der Waals surface area contributed by atoms with Crippen LogP contribution in [0.2, 0.25) is 0 Å². The van der Waals surface area contributed by atoms with Crippen LogP contribution >= 0.6 is 0 Å². The summed E-state index contributed by atoms with van der Waals surface area (Å²) in [6.07, 6.45) is 1.45. The minimum Gasteiger partial charge on any atom is -0.484 e. The maximum absolute atomic E-state index is 13.4. The van der Waals surface area contributed by atoms with Gasteiger partial charge in [0.2, 0.25) is 5.89 Å². The molecule has 106 valence electrons. The Bertz CT molecular complexity index is 741. The van der Waals surface area contributed by atoms with Gasteiger partial charge in [-0.05, 0) is 24.3 Å². The van der Waals surface area contributed by atoms with Crippen molar-refractivity contribution in [1.29, 1.82) is 0 Å². The molecule has 2 aromatic carbocycles. The third kappa shape index (κ3) is 3.08. The van der Waals surface area contributed by atoms with Gasteiger partial charge in [-0.2, -0.15) is 0 Å². The highest BCUT2D eigenvalue weighted by atomic mass is 19.1. The third-order valence-corrected chi connectivity index (χ3v) is 2.84. The molecule has 0 aliphatic heterocycles. The Balaban J connectivity index is 1.70. The van der Waals surface area contributed by atoms with Crippen molar-refractivity contribution in [1.82, 2.24) is 4.98 Å². The average molecular weight is 287 g/mol. The Hall–Kier alpha value is -2.69. The van der Waals surface area contributed by atoms with Crippen LogP contribution in [0.4, 0.5) is 8.78 Å². The highest BCUT2D eigenvalue weighted by Crippen LogP contribution is 2.21. The Kier molecular flexibility index (Phi) is 3.64. The molecule has 0 bridgehead atoms. The van der Waals surface area contributed by atoms with Crippen LogP contribution in [0.5, 0.6) is 5.75 Å². The molecule has 0 saturated carbocycles.